The lowest BCUT2D eigenvalue weighted by Gasteiger charge is -2.15. The number of fused-ring (bicyclic) bond motifs is 2. The van der Waals surface area contributed by atoms with Gasteiger partial charge in [0, 0.05) is 51.8 Å². The molecule has 220 valence electrons. The molecule has 0 radical (unpaired) electrons. The molecule has 0 bridgehead atoms. The van der Waals surface area contributed by atoms with E-state index in [1.54, 1.807) is 16.1 Å². The summed E-state index contributed by atoms with van der Waals surface area (Å²) in [7, 11) is 2.02. The van der Waals surface area contributed by atoms with Crippen LogP contribution in [0.1, 0.15) is 49.2 Å². The maximum absolute atomic E-state index is 13.0. The molecular weight excluding hydrogens is 546 g/mol. The molecule has 4 heterocycles. The van der Waals surface area contributed by atoms with E-state index in [-0.39, 0.29) is 13.8 Å². The van der Waals surface area contributed by atoms with Gasteiger partial charge in [0.05, 0.1) is 5.39 Å². The highest BCUT2D eigenvalue weighted by Gasteiger charge is 2.18. The number of aromatic nitrogens is 4. The highest BCUT2D eigenvalue weighted by Crippen LogP contribution is 2.26. The number of nitrogens with zero attached hydrogens (tertiary/aromatic N) is 5. The number of hydrogen-bond donors (Lipinski definition) is 2. The monoisotopic (exact) mass is 585 g/mol. The fourth-order valence-corrected chi connectivity index (χ4v) is 5.98. The molecular formula is C32H39N7O2S. The highest BCUT2D eigenvalue weighted by atomic mass is 32.1. The summed E-state index contributed by atoms with van der Waals surface area (Å²) in [5.74, 6) is -0.396. The van der Waals surface area contributed by atoms with E-state index in [0.717, 1.165) is 43.6 Å². The van der Waals surface area contributed by atoms with Crippen LogP contribution in [0.5, 0.6) is 0 Å². The molecule has 9 nitrogen and oxygen atoms in total. The van der Waals surface area contributed by atoms with E-state index in [0.29, 0.717) is 11.6 Å². The summed E-state index contributed by atoms with van der Waals surface area (Å²) in [5.41, 5.74) is 11.0. The number of nitrogens with one attached hydrogen (secondary N) is 1. The topological polar surface area (TPSA) is 111 Å². The summed E-state index contributed by atoms with van der Waals surface area (Å²) < 4.78 is 3.81. The van der Waals surface area contributed by atoms with Crippen LogP contribution in [0.3, 0.4) is 0 Å². The number of amides is 1. The number of primary amides is 1. The van der Waals surface area contributed by atoms with Gasteiger partial charge >= 0.3 is 0 Å². The number of carbonyl (C=O) groups excluding carboxylic acids is 1. The third kappa shape index (κ3) is 6.14. The van der Waals surface area contributed by atoms with Crippen LogP contribution in [-0.4, -0.2) is 48.9 Å². The Hall–Kier alpha value is -4.28. The largest absolute Gasteiger partial charge is 0.365 e. The van der Waals surface area contributed by atoms with Crippen molar-refractivity contribution in [1.29, 1.82) is 0 Å². The zero-order valence-corrected chi connectivity index (χ0v) is 24.6. The van der Waals surface area contributed by atoms with Crippen LogP contribution in [0.2, 0.25) is 0 Å². The fourth-order valence-electron chi connectivity index (χ4n) is 5.61. The van der Waals surface area contributed by atoms with Crippen molar-refractivity contribution in [2.45, 2.75) is 38.5 Å². The molecule has 3 aromatic heterocycles. The summed E-state index contributed by atoms with van der Waals surface area (Å²) in [6.07, 6.45) is 11.8. The van der Waals surface area contributed by atoms with Crippen molar-refractivity contribution in [2.24, 2.45) is 12.8 Å². The number of pyridine rings is 1. The van der Waals surface area contributed by atoms with E-state index in [1.165, 1.54) is 55.0 Å². The van der Waals surface area contributed by atoms with E-state index >= 15 is 0 Å². The minimum absolute atomic E-state index is 0. The van der Waals surface area contributed by atoms with Gasteiger partial charge in [0.1, 0.15) is 5.56 Å². The standard InChI is InChI=1S/C29H30N6O2.C3H5NS.2H2/c30-27(37)25-18-35(23-11-8-20-4-3-5-21(20)16-23)28-24(26(25)36)17-31-29(33-28)32-22-9-6-19(7-10-22)12-15-34-13-1-2-14-34;1-4-2-3-5-4;;/h6-11,16-18H,1-5,12-15H2,(H2,30,37)(H,31,32,33);2-3H,1H3;2*1H. The Balaban J connectivity index is 0.000000576. The molecule has 1 fully saturated rings. The molecule has 10 heteroatoms. The van der Waals surface area contributed by atoms with Gasteiger partial charge in [-0.3, -0.25) is 9.59 Å². The predicted octanol–water partition coefficient (Wildman–Crippen LogP) is 5.33. The molecule has 3 N–H and O–H groups in total. The van der Waals surface area contributed by atoms with Crippen LogP contribution in [0, 0.1) is 0 Å². The molecule has 0 spiro atoms. The van der Waals surface area contributed by atoms with Crippen LogP contribution >= 0.6 is 11.5 Å². The van der Waals surface area contributed by atoms with E-state index in [9.17, 15) is 9.59 Å². The van der Waals surface area contributed by atoms with Gasteiger partial charge < -0.3 is 24.5 Å². The van der Waals surface area contributed by atoms with Crippen LogP contribution in [-0.2, 0) is 26.3 Å². The third-order valence-corrected chi connectivity index (χ3v) is 8.69. The first-order valence-corrected chi connectivity index (χ1v) is 15.3. The number of aryl methyl sites for hydroxylation is 3. The Morgan fingerprint density at radius 1 is 1.07 bits per heavy atom. The van der Waals surface area contributed by atoms with Gasteiger partial charge in [-0.2, -0.15) is 4.98 Å². The number of rotatable bonds is 7. The Bertz CT molecular complexity index is 1770. The van der Waals surface area contributed by atoms with Crippen molar-refractivity contribution in [3.63, 3.8) is 0 Å². The molecule has 1 aliphatic heterocycles. The minimum atomic E-state index is -0.770. The zero-order valence-electron chi connectivity index (χ0n) is 23.8. The first-order chi connectivity index (χ1) is 20.4. The van der Waals surface area contributed by atoms with E-state index < -0.39 is 11.3 Å². The lowest BCUT2D eigenvalue weighted by atomic mass is 10.1. The predicted molar refractivity (Wildman–Crippen MR) is 172 cm³/mol. The lowest BCUT2D eigenvalue weighted by Crippen LogP contribution is -2.24. The third-order valence-electron chi connectivity index (χ3n) is 7.99. The number of hydrogen-bond acceptors (Lipinski definition) is 7. The van der Waals surface area contributed by atoms with Crippen molar-refractivity contribution >= 4 is 40.1 Å². The van der Waals surface area contributed by atoms with Crippen molar-refractivity contribution in [1.82, 2.24) is 23.4 Å². The summed E-state index contributed by atoms with van der Waals surface area (Å²) in [5, 5.41) is 5.55. The number of anilines is 2. The van der Waals surface area contributed by atoms with E-state index in [2.05, 4.69) is 39.5 Å². The van der Waals surface area contributed by atoms with Crippen molar-refractivity contribution in [3.05, 3.63) is 98.9 Å². The fraction of sp³-hybridized carbons (Fsp3) is 0.312. The molecule has 5 aromatic rings. The summed E-state index contributed by atoms with van der Waals surface area (Å²) in [4.78, 5) is 36.6. The second-order valence-corrected chi connectivity index (χ2v) is 12.0. The Kier molecular flexibility index (Phi) is 8.16. The summed E-state index contributed by atoms with van der Waals surface area (Å²) in [6.45, 7) is 3.50. The molecule has 2 aromatic carbocycles. The summed E-state index contributed by atoms with van der Waals surface area (Å²) in [6, 6.07) is 14.5. The SMILES string of the molecule is Cn1ccs1.NC(=O)c1cn(-c2ccc3c(c2)CCC3)c2nc(Nc3ccc(CCN4CCCC4)cc3)ncc2c1=O.[HH].[HH]. The molecule has 0 saturated carbocycles. The quantitative estimate of drug-likeness (QED) is 0.267. The lowest BCUT2D eigenvalue weighted by molar-refractivity contribution is 0.0999. The molecule has 2 aliphatic rings. The van der Waals surface area contributed by atoms with Crippen LogP contribution in [0.4, 0.5) is 11.6 Å². The van der Waals surface area contributed by atoms with Gasteiger partial charge in [-0.15, -0.1) is 0 Å². The molecule has 1 saturated heterocycles. The molecule has 42 heavy (non-hydrogen) atoms. The Morgan fingerprint density at radius 3 is 2.50 bits per heavy atom. The smallest absolute Gasteiger partial charge is 0.254 e. The Morgan fingerprint density at radius 2 is 1.81 bits per heavy atom. The number of carbonyl (C=O) groups is 1. The van der Waals surface area contributed by atoms with Gasteiger partial charge in [0.25, 0.3) is 5.91 Å². The molecule has 0 unspecified atom stereocenters. The molecule has 7 rings (SSSR count). The maximum Gasteiger partial charge on any atom is 0.254 e. The average molecular weight is 586 g/mol. The second kappa shape index (κ2) is 12.3. The normalized spacial score (nSPS) is 14.5. The van der Waals surface area contributed by atoms with Gasteiger partial charge in [0.2, 0.25) is 11.4 Å². The van der Waals surface area contributed by atoms with Gasteiger partial charge in [-0.1, -0.05) is 29.7 Å². The molecule has 0 atom stereocenters. The van der Waals surface area contributed by atoms with Crippen LogP contribution in [0.15, 0.2) is 71.2 Å². The van der Waals surface area contributed by atoms with Gasteiger partial charge in [-0.05, 0) is 92.6 Å². The van der Waals surface area contributed by atoms with E-state index in [1.807, 2.05) is 40.8 Å². The number of likely N-dealkylation sites (tertiary alicyclic amines) is 1. The number of nitrogens with two attached hydrogens (primary N) is 1. The zero-order chi connectivity index (χ0) is 29.1. The second-order valence-electron chi connectivity index (χ2n) is 10.9. The van der Waals surface area contributed by atoms with Gasteiger partial charge in [-0.25, -0.2) is 4.98 Å². The number of benzene rings is 2. The van der Waals surface area contributed by atoms with Crippen LogP contribution in [0.25, 0.3) is 16.7 Å². The highest BCUT2D eigenvalue weighted by molar-refractivity contribution is 7.05. The van der Waals surface area contributed by atoms with Crippen molar-refractivity contribution in [2.75, 3.05) is 25.0 Å². The molecule has 1 aliphatic carbocycles. The van der Waals surface area contributed by atoms with Crippen LogP contribution < -0.4 is 16.5 Å². The minimum Gasteiger partial charge on any atom is -0.365 e. The van der Waals surface area contributed by atoms with E-state index in [4.69, 9.17) is 10.7 Å². The van der Waals surface area contributed by atoms with Crippen molar-refractivity contribution < 1.29 is 7.65 Å². The van der Waals surface area contributed by atoms with Crippen molar-refractivity contribution in [3.8, 4) is 5.69 Å². The first kappa shape index (κ1) is 27.9. The summed E-state index contributed by atoms with van der Waals surface area (Å²) >= 11 is 1.71. The maximum atomic E-state index is 13.0. The molecule has 1 amide bonds. The Labute approximate surface area is 251 Å². The average Bonchev–Trinajstić information content (AvgIpc) is 3.68. The van der Waals surface area contributed by atoms with Gasteiger partial charge in [0.15, 0.2) is 5.65 Å². The first-order valence-electron chi connectivity index (χ1n) is 14.4.